The number of hydrogen-bond donors (Lipinski definition) is 2. The largest absolute Gasteiger partial charge is 0.508 e. The van der Waals surface area contributed by atoms with Crippen LogP contribution in [0.5, 0.6) is 11.5 Å². The minimum absolute atomic E-state index is 0.308. The van der Waals surface area contributed by atoms with Crippen molar-refractivity contribution in [2.75, 3.05) is 33.8 Å². The lowest BCUT2D eigenvalue weighted by molar-refractivity contribution is 0.348. The first-order valence-corrected chi connectivity index (χ1v) is 5.92. The zero-order valence-electron chi connectivity index (χ0n) is 10.9. The predicted octanol–water partition coefficient (Wildman–Crippen LogP) is 1.44. The van der Waals surface area contributed by atoms with Crippen molar-refractivity contribution in [2.45, 2.75) is 13.5 Å². The SMILES string of the molecule is CCN(C)CCNCc1cc(OC)ccc1O. The Bertz CT molecular complexity index is 342. The van der Waals surface area contributed by atoms with Gasteiger partial charge in [-0.2, -0.15) is 0 Å². The summed E-state index contributed by atoms with van der Waals surface area (Å²) >= 11 is 0. The highest BCUT2D eigenvalue weighted by Crippen LogP contribution is 2.22. The molecule has 0 fully saturated rings. The molecule has 17 heavy (non-hydrogen) atoms. The number of benzene rings is 1. The fourth-order valence-corrected chi connectivity index (χ4v) is 1.48. The first-order valence-electron chi connectivity index (χ1n) is 5.92. The van der Waals surface area contributed by atoms with Crippen LogP contribution in [-0.2, 0) is 6.54 Å². The highest BCUT2D eigenvalue weighted by molar-refractivity contribution is 5.39. The van der Waals surface area contributed by atoms with Gasteiger partial charge in [0.15, 0.2) is 0 Å². The minimum atomic E-state index is 0.308. The van der Waals surface area contributed by atoms with Gasteiger partial charge in [0.1, 0.15) is 11.5 Å². The number of nitrogens with zero attached hydrogens (tertiary/aromatic N) is 1. The van der Waals surface area contributed by atoms with Crippen molar-refractivity contribution in [3.05, 3.63) is 23.8 Å². The van der Waals surface area contributed by atoms with Gasteiger partial charge in [-0.1, -0.05) is 6.92 Å². The molecule has 4 nitrogen and oxygen atoms in total. The molecule has 0 aliphatic carbocycles. The number of aromatic hydroxyl groups is 1. The monoisotopic (exact) mass is 238 g/mol. The molecule has 1 aromatic rings. The fraction of sp³-hybridized carbons (Fsp3) is 0.538. The average molecular weight is 238 g/mol. The first kappa shape index (κ1) is 13.8. The zero-order valence-corrected chi connectivity index (χ0v) is 10.9. The molecule has 96 valence electrons. The van der Waals surface area contributed by atoms with Crippen molar-refractivity contribution < 1.29 is 9.84 Å². The molecule has 0 aliphatic rings. The topological polar surface area (TPSA) is 44.7 Å². The van der Waals surface area contributed by atoms with E-state index >= 15 is 0 Å². The lowest BCUT2D eigenvalue weighted by Gasteiger charge is -2.14. The summed E-state index contributed by atoms with van der Waals surface area (Å²) in [6, 6.07) is 5.27. The molecule has 2 N–H and O–H groups in total. The van der Waals surface area contributed by atoms with Gasteiger partial charge in [-0.3, -0.25) is 0 Å². The van der Waals surface area contributed by atoms with Crippen LogP contribution in [0.2, 0.25) is 0 Å². The van der Waals surface area contributed by atoms with Crippen LogP contribution < -0.4 is 10.1 Å². The third-order valence-electron chi connectivity index (χ3n) is 2.81. The van der Waals surface area contributed by atoms with E-state index in [-0.39, 0.29) is 0 Å². The second kappa shape index (κ2) is 7.14. The molecule has 0 heterocycles. The Morgan fingerprint density at radius 3 is 2.82 bits per heavy atom. The number of hydrogen-bond acceptors (Lipinski definition) is 4. The summed E-state index contributed by atoms with van der Waals surface area (Å²) in [6.45, 7) is 5.74. The van der Waals surface area contributed by atoms with E-state index < -0.39 is 0 Å². The second-order valence-electron chi connectivity index (χ2n) is 4.07. The number of rotatable bonds is 7. The van der Waals surface area contributed by atoms with E-state index in [0.717, 1.165) is 30.9 Å². The molecule has 0 bridgehead atoms. The Balaban J connectivity index is 2.40. The van der Waals surface area contributed by atoms with Gasteiger partial charge >= 0.3 is 0 Å². The maximum Gasteiger partial charge on any atom is 0.120 e. The van der Waals surface area contributed by atoms with E-state index in [9.17, 15) is 5.11 Å². The third kappa shape index (κ3) is 4.63. The van der Waals surface area contributed by atoms with E-state index in [2.05, 4.69) is 24.2 Å². The average Bonchev–Trinajstić information content (AvgIpc) is 2.36. The number of phenolic OH excluding ortho intramolecular Hbond substituents is 1. The van der Waals surface area contributed by atoms with Gasteiger partial charge in [0.05, 0.1) is 7.11 Å². The Morgan fingerprint density at radius 1 is 1.41 bits per heavy atom. The van der Waals surface area contributed by atoms with Crippen LogP contribution in [0.1, 0.15) is 12.5 Å². The van der Waals surface area contributed by atoms with Crippen molar-refractivity contribution >= 4 is 0 Å². The summed E-state index contributed by atoms with van der Waals surface area (Å²) < 4.78 is 5.12. The number of likely N-dealkylation sites (N-methyl/N-ethyl adjacent to an activating group) is 1. The lowest BCUT2D eigenvalue weighted by Crippen LogP contribution is -2.28. The molecule has 0 amide bonds. The fourth-order valence-electron chi connectivity index (χ4n) is 1.48. The molecular formula is C13H22N2O2. The molecule has 0 aliphatic heterocycles. The number of nitrogens with one attached hydrogen (secondary N) is 1. The molecular weight excluding hydrogens is 216 g/mol. The molecule has 4 heteroatoms. The summed E-state index contributed by atoms with van der Waals surface area (Å²) in [7, 11) is 3.71. The summed E-state index contributed by atoms with van der Waals surface area (Å²) in [5, 5.41) is 13.0. The maximum atomic E-state index is 9.68. The van der Waals surface area contributed by atoms with Gasteiger partial charge in [0.25, 0.3) is 0 Å². The molecule has 0 saturated heterocycles. The molecule has 0 unspecified atom stereocenters. The normalized spacial score (nSPS) is 10.8. The van der Waals surface area contributed by atoms with Crippen LogP contribution in [0, 0.1) is 0 Å². The van der Waals surface area contributed by atoms with Crippen LogP contribution in [0.3, 0.4) is 0 Å². The van der Waals surface area contributed by atoms with E-state index in [1.54, 1.807) is 19.2 Å². The van der Waals surface area contributed by atoms with Crippen molar-refractivity contribution in [1.29, 1.82) is 0 Å². The zero-order chi connectivity index (χ0) is 12.7. The Morgan fingerprint density at radius 2 is 2.18 bits per heavy atom. The molecule has 0 atom stereocenters. The molecule has 0 radical (unpaired) electrons. The standard InChI is InChI=1S/C13H22N2O2/c1-4-15(2)8-7-14-10-11-9-12(17-3)5-6-13(11)16/h5-6,9,14,16H,4,7-8,10H2,1-3H3. The molecule has 0 spiro atoms. The molecule has 1 aromatic carbocycles. The van der Waals surface area contributed by atoms with Gasteiger partial charge in [-0.15, -0.1) is 0 Å². The predicted molar refractivity (Wildman–Crippen MR) is 69.5 cm³/mol. The molecule has 0 saturated carbocycles. The van der Waals surface area contributed by atoms with E-state index in [4.69, 9.17) is 4.74 Å². The maximum absolute atomic E-state index is 9.68. The summed E-state index contributed by atoms with van der Waals surface area (Å²) in [6.07, 6.45) is 0. The van der Waals surface area contributed by atoms with Gasteiger partial charge in [-0.05, 0) is 31.8 Å². The Hall–Kier alpha value is -1.26. The van der Waals surface area contributed by atoms with Crippen molar-refractivity contribution in [2.24, 2.45) is 0 Å². The van der Waals surface area contributed by atoms with Crippen molar-refractivity contribution in [1.82, 2.24) is 10.2 Å². The highest BCUT2D eigenvalue weighted by Gasteiger charge is 2.03. The van der Waals surface area contributed by atoms with Crippen molar-refractivity contribution in [3.8, 4) is 11.5 Å². The van der Waals surface area contributed by atoms with Crippen molar-refractivity contribution in [3.63, 3.8) is 0 Å². The smallest absolute Gasteiger partial charge is 0.120 e. The van der Waals surface area contributed by atoms with Gasteiger partial charge in [0, 0.05) is 25.2 Å². The second-order valence-corrected chi connectivity index (χ2v) is 4.07. The van der Waals surface area contributed by atoms with Gasteiger partial charge in [-0.25, -0.2) is 0 Å². The third-order valence-corrected chi connectivity index (χ3v) is 2.81. The number of ether oxygens (including phenoxy) is 1. The summed E-state index contributed by atoms with van der Waals surface area (Å²) in [5.41, 5.74) is 0.864. The first-order chi connectivity index (χ1) is 8.17. The van der Waals surface area contributed by atoms with Gasteiger partial charge in [0.2, 0.25) is 0 Å². The Kier molecular flexibility index (Phi) is 5.80. The lowest BCUT2D eigenvalue weighted by atomic mass is 10.2. The minimum Gasteiger partial charge on any atom is -0.508 e. The van der Waals surface area contributed by atoms with Crippen LogP contribution >= 0.6 is 0 Å². The van der Waals surface area contributed by atoms with E-state index in [1.165, 1.54) is 0 Å². The van der Waals surface area contributed by atoms with Crippen LogP contribution in [0.4, 0.5) is 0 Å². The van der Waals surface area contributed by atoms with Gasteiger partial charge < -0.3 is 20.1 Å². The summed E-state index contributed by atoms with van der Waals surface area (Å²) in [5.74, 6) is 1.08. The van der Waals surface area contributed by atoms with E-state index in [1.807, 2.05) is 6.07 Å². The van der Waals surface area contributed by atoms with E-state index in [0.29, 0.717) is 12.3 Å². The summed E-state index contributed by atoms with van der Waals surface area (Å²) in [4.78, 5) is 2.23. The van der Waals surface area contributed by atoms with Crippen LogP contribution in [0.15, 0.2) is 18.2 Å². The number of phenols is 1. The molecule has 1 rings (SSSR count). The molecule has 0 aromatic heterocycles. The Labute approximate surface area is 103 Å². The quantitative estimate of drug-likeness (QED) is 0.706. The highest BCUT2D eigenvalue weighted by atomic mass is 16.5. The van der Waals surface area contributed by atoms with Crippen LogP contribution in [-0.4, -0.2) is 43.8 Å². The number of methoxy groups -OCH3 is 1. The van der Waals surface area contributed by atoms with Crippen LogP contribution in [0.25, 0.3) is 0 Å².